The highest BCUT2D eigenvalue weighted by Gasteiger charge is 2.21. The minimum absolute atomic E-state index is 0.0786. The topological polar surface area (TPSA) is 98.1 Å². The molecule has 1 amide bonds. The molecule has 1 heterocycles. The van der Waals surface area contributed by atoms with E-state index in [9.17, 15) is 18.0 Å². The molecule has 0 aliphatic heterocycles. The largest absolute Gasteiger partial charge is 0.324 e. The summed E-state index contributed by atoms with van der Waals surface area (Å²) < 4.78 is 26.5. The van der Waals surface area contributed by atoms with Crippen LogP contribution in [-0.2, 0) is 21.2 Å². The van der Waals surface area contributed by atoms with Crippen molar-refractivity contribution < 1.29 is 13.2 Å². The third-order valence-corrected chi connectivity index (χ3v) is 5.86. The zero-order valence-electron chi connectivity index (χ0n) is 16.3. The van der Waals surface area contributed by atoms with Crippen LogP contribution in [0.1, 0.15) is 16.7 Å². The van der Waals surface area contributed by atoms with Gasteiger partial charge in [0, 0.05) is 11.8 Å². The van der Waals surface area contributed by atoms with Gasteiger partial charge in [-0.15, -0.1) is 0 Å². The number of aromatic nitrogens is 2. The minimum Gasteiger partial charge on any atom is -0.324 e. The van der Waals surface area contributed by atoms with Crippen LogP contribution in [0.4, 0.5) is 5.69 Å². The van der Waals surface area contributed by atoms with Crippen LogP contribution in [0.5, 0.6) is 0 Å². The molecule has 0 unspecified atom stereocenters. The average Bonchev–Trinajstić information content (AvgIpc) is 2.62. The second-order valence-corrected chi connectivity index (χ2v) is 8.81. The number of carbonyl (C=O) groups excluding carboxylic acids is 1. The van der Waals surface area contributed by atoms with Crippen molar-refractivity contribution in [2.75, 3.05) is 5.32 Å². The van der Waals surface area contributed by atoms with Crippen molar-refractivity contribution >= 4 is 21.4 Å². The predicted octanol–water partition coefficient (Wildman–Crippen LogP) is 2.64. The van der Waals surface area contributed by atoms with Gasteiger partial charge in [-0.2, -0.15) is 5.10 Å². The normalized spacial score (nSPS) is 11.3. The van der Waals surface area contributed by atoms with Crippen LogP contribution >= 0.6 is 0 Å². The first-order valence-electron chi connectivity index (χ1n) is 8.93. The molecule has 0 radical (unpaired) electrons. The van der Waals surface area contributed by atoms with Crippen molar-refractivity contribution in [1.29, 1.82) is 0 Å². The van der Waals surface area contributed by atoms with Crippen molar-refractivity contribution in [2.45, 2.75) is 37.2 Å². The Morgan fingerprint density at radius 3 is 2.31 bits per heavy atom. The molecule has 1 N–H and O–H groups in total. The summed E-state index contributed by atoms with van der Waals surface area (Å²) in [6, 6.07) is 14.2. The number of amides is 1. The van der Waals surface area contributed by atoms with E-state index >= 15 is 0 Å². The number of carbonyl (C=O) groups is 1. The summed E-state index contributed by atoms with van der Waals surface area (Å²) in [7, 11) is -3.91. The summed E-state index contributed by atoms with van der Waals surface area (Å²) in [5, 5.41) is 6.34. The molecule has 0 atom stereocenters. The van der Waals surface area contributed by atoms with Gasteiger partial charge in [0.15, 0.2) is 5.03 Å². The lowest BCUT2D eigenvalue weighted by molar-refractivity contribution is -0.117. The quantitative estimate of drug-likeness (QED) is 0.696. The van der Waals surface area contributed by atoms with Crippen molar-refractivity contribution in [1.82, 2.24) is 9.78 Å². The maximum atomic E-state index is 12.8. The SMILES string of the molecule is Cc1cc(C)cc(NC(=O)Cn2nc(S(=O)(=O)c3cccc(C)c3)ccc2=O)c1. The van der Waals surface area contributed by atoms with Gasteiger partial charge >= 0.3 is 0 Å². The second kappa shape index (κ2) is 8.00. The fourth-order valence-corrected chi connectivity index (χ4v) is 4.27. The highest BCUT2D eigenvalue weighted by atomic mass is 32.2. The molecule has 0 aliphatic carbocycles. The Bertz CT molecular complexity index is 1230. The van der Waals surface area contributed by atoms with Crippen molar-refractivity contribution in [3.05, 3.63) is 81.6 Å². The Morgan fingerprint density at radius 2 is 1.66 bits per heavy atom. The predicted molar refractivity (Wildman–Crippen MR) is 110 cm³/mol. The van der Waals surface area contributed by atoms with E-state index in [1.54, 1.807) is 31.2 Å². The van der Waals surface area contributed by atoms with E-state index in [0.717, 1.165) is 33.5 Å². The molecule has 2 aromatic carbocycles. The Morgan fingerprint density at radius 1 is 0.966 bits per heavy atom. The average molecular weight is 411 g/mol. The molecule has 0 saturated carbocycles. The highest BCUT2D eigenvalue weighted by molar-refractivity contribution is 7.91. The van der Waals surface area contributed by atoms with Crippen LogP contribution in [-0.4, -0.2) is 24.1 Å². The number of hydrogen-bond donors (Lipinski definition) is 1. The fourth-order valence-electron chi connectivity index (χ4n) is 2.97. The minimum atomic E-state index is -3.91. The van der Waals surface area contributed by atoms with E-state index in [0.29, 0.717) is 5.69 Å². The van der Waals surface area contributed by atoms with Crippen LogP contribution in [0.25, 0.3) is 0 Å². The van der Waals surface area contributed by atoms with Crippen LogP contribution < -0.4 is 10.9 Å². The van der Waals surface area contributed by atoms with Gasteiger partial charge in [0.05, 0.1) is 4.90 Å². The van der Waals surface area contributed by atoms with E-state index in [1.807, 2.05) is 19.9 Å². The number of benzene rings is 2. The molecule has 29 heavy (non-hydrogen) atoms. The number of anilines is 1. The van der Waals surface area contributed by atoms with Gasteiger partial charge in [-0.1, -0.05) is 18.2 Å². The summed E-state index contributed by atoms with van der Waals surface area (Å²) in [4.78, 5) is 24.6. The summed E-state index contributed by atoms with van der Waals surface area (Å²) in [6.45, 7) is 5.20. The molecule has 0 saturated heterocycles. The molecule has 0 fully saturated rings. The van der Waals surface area contributed by atoms with E-state index in [2.05, 4.69) is 10.4 Å². The van der Waals surface area contributed by atoms with Gasteiger partial charge in [0.25, 0.3) is 5.56 Å². The molecule has 3 rings (SSSR count). The van der Waals surface area contributed by atoms with Crippen LogP contribution in [0, 0.1) is 20.8 Å². The first-order chi connectivity index (χ1) is 13.6. The van der Waals surface area contributed by atoms with Crippen LogP contribution in [0.2, 0.25) is 0 Å². The Labute approximate surface area is 168 Å². The Balaban J connectivity index is 1.87. The van der Waals surface area contributed by atoms with E-state index in [-0.39, 0.29) is 9.92 Å². The molecule has 0 aliphatic rings. The molecule has 8 heteroatoms. The van der Waals surface area contributed by atoms with E-state index in [1.165, 1.54) is 12.1 Å². The van der Waals surface area contributed by atoms with Gasteiger partial charge in [0.1, 0.15) is 6.54 Å². The Hall–Kier alpha value is -3.26. The van der Waals surface area contributed by atoms with Gasteiger partial charge in [-0.25, -0.2) is 13.1 Å². The zero-order chi connectivity index (χ0) is 21.2. The third kappa shape index (κ3) is 4.78. The smallest absolute Gasteiger partial charge is 0.267 e. The maximum absolute atomic E-state index is 12.8. The zero-order valence-corrected chi connectivity index (χ0v) is 17.2. The van der Waals surface area contributed by atoms with Crippen LogP contribution in [0.3, 0.4) is 0 Å². The summed E-state index contributed by atoms with van der Waals surface area (Å²) in [5.74, 6) is -0.477. The lowest BCUT2D eigenvalue weighted by atomic mass is 10.1. The number of hydrogen-bond acceptors (Lipinski definition) is 5. The Kier molecular flexibility index (Phi) is 5.65. The highest BCUT2D eigenvalue weighted by Crippen LogP contribution is 2.19. The molecule has 1 aromatic heterocycles. The molecule has 0 spiro atoms. The number of sulfone groups is 1. The van der Waals surface area contributed by atoms with E-state index in [4.69, 9.17) is 0 Å². The van der Waals surface area contributed by atoms with Gasteiger partial charge in [-0.3, -0.25) is 9.59 Å². The number of aryl methyl sites for hydroxylation is 3. The molecule has 150 valence electrons. The number of nitrogens with zero attached hydrogens (tertiary/aromatic N) is 2. The molecular formula is C21H21N3O4S. The summed E-state index contributed by atoms with van der Waals surface area (Å²) in [5.41, 5.74) is 2.80. The second-order valence-electron chi connectivity index (χ2n) is 6.91. The van der Waals surface area contributed by atoms with Crippen LogP contribution in [0.15, 0.2) is 69.3 Å². The van der Waals surface area contributed by atoms with Gasteiger partial charge in [0.2, 0.25) is 15.7 Å². The number of nitrogens with one attached hydrogen (secondary N) is 1. The molecule has 3 aromatic rings. The first kappa shape index (κ1) is 20.5. The van der Waals surface area contributed by atoms with Crippen molar-refractivity contribution in [3.8, 4) is 0 Å². The number of rotatable bonds is 5. The lowest BCUT2D eigenvalue weighted by Gasteiger charge is -2.10. The third-order valence-electron chi connectivity index (χ3n) is 4.22. The molecule has 7 nitrogen and oxygen atoms in total. The monoisotopic (exact) mass is 411 g/mol. The van der Waals surface area contributed by atoms with Crippen molar-refractivity contribution in [3.63, 3.8) is 0 Å². The summed E-state index contributed by atoms with van der Waals surface area (Å²) in [6.07, 6.45) is 0. The van der Waals surface area contributed by atoms with Gasteiger partial charge in [-0.05, 0) is 67.8 Å². The van der Waals surface area contributed by atoms with Crippen molar-refractivity contribution in [2.24, 2.45) is 0 Å². The van der Waals surface area contributed by atoms with Gasteiger partial charge < -0.3 is 5.32 Å². The standard InChI is InChI=1S/C21H21N3O4S/c1-14-5-4-6-18(12-14)29(27,28)20-7-8-21(26)24(23-20)13-19(25)22-17-10-15(2)9-16(3)11-17/h4-12H,13H2,1-3H3,(H,22,25). The first-order valence-corrected chi connectivity index (χ1v) is 10.4. The fraction of sp³-hybridized carbons (Fsp3) is 0.190. The lowest BCUT2D eigenvalue weighted by Crippen LogP contribution is -2.30. The van der Waals surface area contributed by atoms with E-state index < -0.39 is 27.8 Å². The summed E-state index contributed by atoms with van der Waals surface area (Å²) >= 11 is 0. The maximum Gasteiger partial charge on any atom is 0.267 e. The molecule has 0 bridgehead atoms. The molecular weight excluding hydrogens is 390 g/mol.